The van der Waals surface area contributed by atoms with E-state index in [2.05, 4.69) is 10.6 Å². The van der Waals surface area contributed by atoms with Gasteiger partial charge in [-0.15, -0.1) is 0 Å². The van der Waals surface area contributed by atoms with E-state index >= 15 is 0 Å². The smallest absolute Gasteiger partial charge is 0.246 e. The molecule has 1 aliphatic rings. The van der Waals surface area contributed by atoms with Gasteiger partial charge in [-0.25, -0.2) is 0 Å². The van der Waals surface area contributed by atoms with Crippen molar-refractivity contribution in [3.63, 3.8) is 0 Å². The molecule has 5 heteroatoms. The lowest BCUT2D eigenvalue weighted by Gasteiger charge is -2.18. The minimum absolute atomic E-state index is 0.0672. The summed E-state index contributed by atoms with van der Waals surface area (Å²) in [5.74, 6) is -0.0507. The average Bonchev–Trinajstić information content (AvgIpc) is 3.04. The quantitative estimate of drug-likeness (QED) is 0.667. The fourth-order valence-corrected chi connectivity index (χ4v) is 1.34. The Morgan fingerprint density at radius 3 is 2.44 bits per heavy atom. The van der Waals surface area contributed by atoms with E-state index in [1.54, 1.807) is 0 Å². The first kappa shape index (κ1) is 15.0. The molecule has 0 spiro atoms. The molecule has 0 heterocycles. The van der Waals surface area contributed by atoms with E-state index in [1.807, 2.05) is 20.8 Å². The van der Waals surface area contributed by atoms with Gasteiger partial charge in [0.1, 0.15) is 6.61 Å². The highest BCUT2D eigenvalue weighted by Gasteiger charge is 2.22. The summed E-state index contributed by atoms with van der Waals surface area (Å²) in [6.45, 7) is 6.30. The predicted octanol–water partition coefficient (Wildman–Crippen LogP) is 0.976. The molecule has 0 aromatic carbocycles. The van der Waals surface area contributed by atoms with Crippen LogP contribution in [0, 0.1) is 0 Å². The van der Waals surface area contributed by atoms with Gasteiger partial charge in [-0.1, -0.05) is 0 Å². The predicted molar refractivity (Wildman–Crippen MR) is 69.1 cm³/mol. The SMILES string of the molecule is CC(C)(C)OCC(=O)NCCCC(=O)NC1CC1. The molecular weight excluding hydrogens is 232 g/mol. The lowest BCUT2D eigenvalue weighted by atomic mass is 10.2. The highest BCUT2D eigenvalue weighted by Crippen LogP contribution is 2.18. The lowest BCUT2D eigenvalue weighted by molar-refractivity contribution is -0.130. The Balaban J connectivity index is 1.96. The first-order valence-electron chi connectivity index (χ1n) is 6.57. The summed E-state index contributed by atoms with van der Waals surface area (Å²) in [5.41, 5.74) is -0.304. The molecule has 0 bridgehead atoms. The zero-order valence-corrected chi connectivity index (χ0v) is 11.5. The highest BCUT2D eigenvalue weighted by atomic mass is 16.5. The molecule has 0 aromatic heterocycles. The number of carbonyl (C=O) groups excluding carboxylic acids is 2. The van der Waals surface area contributed by atoms with Crippen LogP contribution in [0.5, 0.6) is 0 Å². The second-order valence-electron chi connectivity index (χ2n) is 5.70. The van der Waals surface area contributed by atoms with Gasteiger partial charge in [-0.2, -0.15) is 0 Å². The van der Waals surface area contributed by atoms with Crippen molar-refractivity contribution in [1.29, 1.82) is 0 Å². The van der Waals surface area contributed by atoms with E-state index in [9.17, 15) is 9.59 Å². The van der Waals surface area contributed by atoms with Crippen LogP contribution < -0.4 is 10.6 Å². The van der Waals surface area contributed by atoms with E-state index in [0.29, 0.717) is 25.4 Å². The number of nitrogens with one attached hydrogen (secondary N) is 2. The van der Waals surface area contributed by atoms with Crippen LogP contribution in [0.3, 0.4) is 0 Å². The summed E-state index contributed by atoms with van der Waals surface area (Å²) in [5, 5.41) is 5.65. The molecule has 1 rings (SSSR count). The molecule has 0 saturated heterocycles. The number of hydrogen-bond donors (Lipinski definition) is 2. The van der Waals surface area contributed by atoms with Crippen molar-refractivity contribution in [2.24, 2.45) is 0 Å². The Morgan fingerprint density at radius 2 is 1.89 bits per heavy atom. The summed E-state index contributed by atoms with van der Waals surface area (Å²) in [4.78, 5) is 22.7. The van der Waals surface area contributed by atoms with Gasteiger partial charge in [0.15, 0.2) is 0 Å². The lowest BCUT2D eigenvalue weighted by Crippen LogP contribution is -2.33. The molecule has 0 unspecified atom stereocenters. The zero-order valence-electron chi connectivity index (χ0n) is 11.5. The number of hydrogen-bond acceptors (Lipinski definition) is 3. The molecule has 1 aliphatic carbocycles. The molecule has 0 aromatic rings. The maximum Gasteiger partial charge on any atom is 0.246 e. The third kappa shape index (κ3) is 8.06. The van der Waals surface area contributed by atoms with Crippen molar-refractivity contribution in [2.45, 2.75) is 58.1 Å². The van der Waals surface area contributed by atoms with Crippen molar-refractivity contribution < 1.29 is 14.3 Å². The standard InChI is InChI=1S/C13H24N2O3/c1-13(2,3)18-9-12(17)14-8-4-5-11(16)15-10-6-7-10/h10H,4-9H2,1-3H3,(H,14,17)(H,15,16). The Kier molecular flexibility index (Phi) is 5.59. The van der Waals surface area contributed by atoms with Crippen molar-refractivity contribution in [3.8, 4) is 0 Å². The van der Waals surface area contributed by atoms with E-state index in [-0.39, 0.29) is 24.0 Å². The Bertz CT molecular complexity index is 293. The van der Waals surface area contributed by atoms with Gasteiger partial charge in [0.05, 0.1) is 5.60 Å². The van der Waals surface area contributed by atoms with Crippen LogP contribution in [-0.2, 0) is 14.3 Å². The third-order valence-corrected chi connectivity index (χ3v) is 2.48. The van der Waals surface area contributed by atoms with Crippen LogP contribution in [0.15, 0.2) is 0 Å². The molecule has 2 amide bonds. The molecule has 18 heavy (non-hydrogen) atoms. The minimum Gasteiger partial charge on any atom is -0.366 e. The first-order chi connectivity index (χ1) is 8.37. The minimum atomic E-state index is -0.304. The summed E-state index contributed by atoms with van der Waals surface area (Å²) in [6, 6.07) is 0.410. The number of ether oxygens (including phenoxy) is 1. The molecule has 0 radical (unpaired) electrons. The zero-order chi connectivity index (χ0) is 13.6. The monoisotopic (exact) mass is 256 g/mol. The number of rotatable bonds is 7. The fourth-order valence-electron chi connectivity index (χ4n) is 1.34. The molecule has 0 atom stereocenters. The van der Waals surface area contributed by atoms with E-state index in [0.717, 1.165) is 12.8 Å². The van der Waals surface area contributed by atoms with Crippen LogP contribution in [0.4, 0.5) is 0 Å². The van der Waals surface area contributed by atoms with Gasteiger partial charge >= 0.3 is 0 Å². The highest BCUT2D eigenvalue weighted by molar-refractivity contribution is 5.78. The molecule has 1 saturated carbocycles. The van der Waals surface area contributed by atoms with Crippen LogP contribution in [0.2, 0.25) is 0 Å². The normalized spacial score (nSPS) is 15.3. The van der Waals surface area contributed by atoms with Gasteiger partial charge in [-0.3, -0.25) is 9.59 Å². The fraction of sp³-hybridized carbons (Fsp3) is 0.846. The summed E-state index contributed by atoms with van der Waals surface area (Å²) < 4.78 is 5.34. The maximum absolute atomic E-state index is 11.4. The number of amides is 2. The van der Waals surface area contributed by atoms with E-state index in [4.69, 9.17) is 4.74 Å². The Hall–Kier alpha value is -1.10. The van der Waals surface area contributed by atoms with Crippen LogP contribution in [0.25, 0.3) is 0 Å². The second-order valence-corrected chi connectivity index (χ2v) is 5.70. The van der Waals surface area contributed by atoms with Crippen LogP contribution >= 0.6 is 0 Å². The molecule has 0 aliphatic heterocycles. The molecule has 104 valence electrons. The molecule has 2 N–H and O–H groups in total. The van der Waals surface area contributed by atoms with Crippen molar-refractivity contribution in [1.82, 2.24) is 10.6 Å². The van der Waals surface area contributed by atoms with Crippen LogP contribution in [0.1, 0.15) is 46.5 Å². The van der Waals surface area contributed by atoms with Crippen molar-refractivity contribution in [2.75, 3.05) is 13.2 Å². The van der Waals surface area contributed by atoms with Gasteiger partial charge in [0.2, 0.25) is 11.8 Å². The second kappa shape index (κ2) is 6.73. The van der Waals surface area contributed by atoms with Gasteiger partial charge in [0.25, 0.3) is 0 Å². The van der Waals surface area contributed by atoms with E-state index in [1.165, 1.54) is 0 Å². The first-order valence-corrected chi connectivity index (χ1v) is 6.57. The van der Waals surface area contributed by atoms with Gasteiger partial charge < -0.3 is 15.4 Å². The largest absolute Gasteiger partial charge is 0.366 e. The Morgan fingerprint density at radius 1 is 1.22 bits per heavy atom. The van der Waals surface area contributed by atoms with E-state index < -0.39 is 0 Å². The van der Waals surface area contributed by atoms with Crippen LogP contribution in [-0.4, -0.2) is 36.6 Å². The average molecular weight is 256 g/mol. The Labute approximate surface area is 109 Å². The molecular formula is C13H24N2O3. The summed E-state index contributed by atoms with van der Waals surface area (Å²) >= 11 is 0. The molecule has 1 fully saturated rings. The molecule has 5 nitrogen and oxygen atoms in total. The van der Waals surface area contributed by atoms with Crippen molar-refractivity contribution in [3.05, 3.63) is 0 Å². The maximum atomic E-state index is 11.4. The summed E-state index contributed by atoms with van der Waals surface area (Å²) in [7, 11) is 0. The van der Waals surface area contributed by atoms with Gasteiger partial charge in [0, 0.05) is 19.0 Å². The third-order valence-electron chi connectivity index (χ3n) is 2.48. The topological polar surface area (TPSA) is 67.4 Å². The van der Waals surface area contributed by atoms with Gasteiger partial charge in [-0.05, 0) is 40.0 Å². The summed E-state index contributed by atoms with van der Waals surface area (Å²) in [6.07, 6.45) is 3.34. The number of carbonyl (C=O) groups is 2. The van der Waals surface area contributed by atoms with Crippen molar-refractivity contribution >= 4 is 11.8 Å².